The molecule has 0 saturated carbocycles. The van der Waals surface area contributed by atoms with Gasteiger partial charge < -0.3 is 9.80 Å². The largest absolute Gasteiger partial charge is 0.371 e. The van der Waals surface area contributed by atoms with Gasteiger partial charge in [0.05, 0.1) is 10.5 Å². The number of hydrogen-bond acceptors (Lipinski definition) is 4. The Morgan fingerprint density at radius 1 is 1.08 bits per heavy atom. The van der Waals surface area contributed by atoms with E-state index in [1.165, 1.54) is 30.9 Å². The third kappa shape index (κ3) is 4.15. The number of benzene rings is 1. The van der Waals surface area contributed by atoms with Crippen LogP contribution in [0, 0.1) is 0 Å². The molecule has 0 unspecified atom stereocenters. The molecular formula is C18H29N3O3S. The van der Waals surface area contributed by atoms with E-state index in [9.17, 15) is 13.2 Å². The molecule has 1 aliphatic rings. The molecule has 7 heteroatoms. The highest BCUT2D eigenvalue weighted by Gasteiger charge is 2.26. The van der Waals surface area contributed by atoms with Gasteiger partial charge in [-0.3, -0.25) is 4.79 Å². The van der Waals surface area contributed by atoms with Gasteiger partial charge in [0.1, 0.15) is 0 Å². The second-order valence-electron chi connectivity index (χ2n) is 7.02. The van der Waals surface area contributed by atoms with Crippen LogP contribution < -0.4 is 4.90 Å². The predicted molar refractivity (Wildman–Crippen MR) is 101 cm³/mol. The first-order valence-corrected chi connectivity index (χ1v) is 10.2. The van der Waals surface area contributed by atoms with Gasteiger partial charge in [0, 0.05) is 46.0 Å². The van der Waals surface area contributed by atoms with Crippen molar-refractivity contribution in [2.75, 3.05) is 39.1 Å². The van der Waals surface area contributed by atoms with Crippen molar-refractivity contribution in [1.29, 1.82) is 0 Å². The first-order chi connectivity index (χ1) is 11.7. The van der Waals surface area contributed by atoms with Crippen LogP contribution in [0.1, 0.15) is 43.5 Å². The molecule has 1 aliphatic heterocycles. The molecule has 0 N–H and O–H groups in total. The van der Waals surface area contributed by atoms with E-state index in [0.29, 0.717) is 5.56 Å². The summed E-state index contributed by atoms with van der Waals surface area (Å²) in [6, 6.07) is 4.95. The molecule has 0 spiro atoms. The third-order valence-corrected chi connectivity index (χ3v) is 6.58. The van der Waals surface area contributed by atoms with Crippen LogP contribution >= 0.6 is 0 Å². The van der Waals surface area contributed by atoms with Crippen LogP contribution in [0.5, 0.6) is 0 Å². The zero-order chi connectivity index (χ0) is 18.8. The van der Waals surface area contributed by atoms with Gasteiger partial charge in [-0.2, -0.15) is 0 Å². The predicted octanol–water partition coefficient (Wildman–Crippen LogP) is 2.41. The number of nitrogens with zero attached hydrogens (tertiary/aromatic N) is 3. The van der Waals surface area contributed by atoms with E-state index in [0.717, 1.165) is 31.6 Å². The maximum Gasteiger partial charge on any atom is 0.255 e. The average molecular weight is 368 g/mol. The summed E-state index contributed by atoms with van der Waals surface area (Å²) in [5.41, 5.74) is 1.29. The number of hydrogen-bond donors (Lipinski definition) is 0. The van der Waals surface area contributed by atoms with Gasteiger partial charge in [-0.25, -0.2) is 12.7 Å². The van der Waals surface area contributed by atoms with Crippen LogP contribution in [-0.2, 0) is 10.0 Å². The number of carbonyl (C=O) groups excluding carboxylic acids is 1. The van der Waals surface area contributed by atoms with Crippen LogP contribution in [0.25, 0.3) is 0 Å². The molecule has 25 heavy (non-hydrogen) atoms. The van der Waals surface area contributed by atoms with E-state index in [2.05, 4.69) is 4.90 Å². The summed E-state index contributed by atoms with van der Waals surface area (Å²) in [5, 5.41) is 0. The minimum atomic E-state index is -3.58. The van der Waals surface area contributed by atoms with Crippen molar-refractivity contribution in [3.8, 4) is 0 Å². The molecule has 1 heterocycles. The summed E-state index contributed by atoms with van der Waals surface area (Å²) in [6.07, 6.45) is 3.37. The first-order valence-electron chi connectivity index (χ1n) is 8.75. The fourth-order valence-electron chi connectivity index (χ4n) is 2.89. The Morgan fingerprint density at radius 2 is 1.68 bits per heavy atom. The van der Waals surface area contributed by atoms with Gasteiger partial charge in [0.25, 0.3) is 5.91 Å². The lowest BCUT2D eigenvalue weighted by molar-refractivity contribution is 0.0755. The second-order valence-corrected chi connectivity index (χ2v) is 9.18. The number of rotatable bonds is 5. The lowest BCUT2D eigenvalue weighted by Gasteiger charge is -2.32. The Morgan fingerprint density at radius 3 is 2.20 bits per heavy atom. The van der Waals surface area contributed by atoms with E-state index >= 15 is 0 Å². The third-order valence-electron chi connectivity index (χ3n) is 4.77. The highest BCUT2D eigenvalue weighted by atomic mass is 32.2. The highest BCUT2D eigenvalue weighted by Crippen LogP contribution is 2.29. The van der Waals surface area contributed by atoms with Crippen molar-refractivity contribution < 1.29 is 13.2 Å². The van der Waals surface area contributed by atoms with Crippen LogP contribution in [0.2, 0.25) is 0 Å². The molecule has 0 radical (unpaired) electrons. The molecule has 0 aromatic heterocycles. The van der Waals surface area contributed by atoms with Crippen LogP contribution in [0.3, 0.4) is 0 Å². The summed E-state index contributed by atoms with van der Waals surface area (Å²) in [7, 11) is 1.16. The Bertz CT molecular complexity index is 723. The zero-order valence-electron chi connectivity index (χ0n) is 15.8. The fraction of sp³-hybridized carbons (Fsp3) is 0.611. The summed E-state index contributed by atoms with van der Waals surface area (Å²) in [6.45, 7) is 5.68. The van der Waals surface area contributed by atoms with Crippen molar-refractivity contribution in [3.63, 3.8) is 0 Å². The normalized spacial score (nSPS) is 15.7. The van der Waals surface area contributed by atoms with Crippen molar-refractivity contribution in [2.45, 2.75) is 44.0 Å². The standard InChI is InChI=1S/C18H29N3O3S/c1-14(2)20(5)18(22)16-13-15(25(23,24)19(3)4)9-10-17(16)21-11-7-6-8-12-21/h9-10,13-14H,6-8,11-12H2,1-5H3. The monoisotopic (exact) mass is 367 g/mol. The van der Waals surface area contributed by atoms with Gasteiger partial charge in [-0.15, -0.1) is 0 Å². The minimum absolute atomic E-state index is 0.0378. The summed E-state index contributed by atoms with van der Waals surface area (Å²) >= 11 is 0. The smallest absolute Gasteiger partial charge is 0.255 e. The Balaban J connectivity index is 2.54. The number of sulfonamides is 1. The maximum absolute atomic E-state index is 13.0. The molecule has 1 aromatic carbocycles. The van der Waals surface area contributed by atoms with Gasteiger partial charge in [-0.05, 0) is 51.3 Å². The van der Waals surface area contributed by atoms with Crippen LogP contribution in [0.15, 0.2) is 23.1 Å². The summed E-state index contributed by atoms with van der Waals surface area (Å²) < 4.78 is 26.1. The second kappa shape index (κ2) is 7.74. The Labute approximate surface area is 151 Å². The summed E-state index contributed by atoms with van der Waals surface area (Å²) in [4.78, 5) is 17.0. The summed E-state index contributed by atoms with van der Waals surface area (Å²) in [5.74, 6) is -0.147. The van der Waals surface area contributed by atoms with Crippen molar-refractivity contribution in [3.05, 3.63) is 23.8 Å². The van der Waals surface area contributed by atoms with Crippen molar-refractivity contribution >= 4 is 21.6 Å². The Hall–Kier alpha value is -1.60. The van der Waals surface area contributed by atoms with Gasteiger partial charge in [-0.1, -0.05) is 0 Å². The molecule has 1 fully saturated rings. The number of amides is 1. The average Bonchev–Trinajstić information content (AvgIpc) is 2.60. The first kappa shape index (κ1) is 19.7. The number of carbonyl (C=O) groups is 1. The minimum Gasteiger partial charge on any atom is -0.371 e. The van der Waals surface area contributed by atoms with E-state index in [4.69, 9.17) is 0 Å². The molecule has 0 atom stereocenters. The molecule has 1 aromatic rings. The van der Waals surface area contributed by atoms with Crippen LogP contribution in [0.4, 0.5) is 5.69 Å². The van der Waals surface area contributed by atoms with Gasteiger partial charge in [0.2, 0.25) is 10.0 Å². The quantitative estimate of drug-likeness (QED) is 0.802. The lowest BCUT2D eigenvalue weighted by Crippen LogP contribution is -2.36. The zero-order valence-corrected chi connectivity index (χ0v) is 16.6. The molecular weight excluding hydrogens is 338 g/mol. The highest BCUT2D eigenvalue weighted by molar-refractivity contribution is 7.89. The van der Waals surface area contributed by atoms with Crippen molar-refractivity contribution in [2.24, 2.45) is 0 Å². The van der Waals surface area contributed by atoms with Crippen LogP contribution in [-0.4, -0.2) is 63.8 Å². The molecule has 6 nitrogen and oxygen atoms in total. The van der Waals surface area contributed by atoms with Gasteiger partial charge >= 0.3 is 0 Å². The molecule has 1 amide bonds. The van der Waals surface area contributed by atoms with E-state index in [-0.39, 0.29) is 16.8 Å². The lowest BCUT2D eigenvalue weighted by atomic mass is 10.1. The topological polar surface area (TPSA) is 60.9 Å². The maximum atomic E-state index is 13.0. The molecule has 140 valence electrons. The van der Waals surface area contributed by atoms with E-state index in [1.54, 1.807) is 24.1 Å². The van der Waals surface area contributed by atoms with E-state index < -0.39 is 10.0 Å². The fourth-order valence-corrected chi connectivity index (χ4v) is 3.82. The number of piperidine rings is 1. The molecule has 1 saturated heterocycles. The van der Waals surface area contributed by atoms with E-state index in [1.807, 2.05) is 13.8 Å². The SMILES string of the molecule is CC(C)N(C)C(=O)c1cc(S(=O)(=O)N(C)C)ccc1N1CCCCC1. The number of anilines is 1. The molecule has 2 rings (SSSR count). The Kier molecular flexibility index (Phi) is 6.11. The molecule has 0 aliphatic carbocycles. The molecule has 0 bridgehead atoms. The van der Waals surface area contributed by atoms with Gasteiger partial charge in [0.15, 0.2) is 0 Å². The van der Waals surface area contributed by atoms with Crippen molar-refractivity contribution in [1.82, 2.24) is 9.21 Å².